The molecular formula is C11H11BrN2O2S2. The summed E-state index contributed by atoms with van der Waals surface area (Å²) in [6.45, 7) is 0.435. The quantitative estimate of drug-likeness (QED) is 0.893. The van der Waals surface area contributed by atoms with E-state index < -0.39 is 10.0 Å². The van der Waals surface area contributed by atoms with Gasteiger partial charge in [0.15, 0.2) is 0 Å². The number of hydrogen-bond donors (Lipinski definition) is 2. The van der Waals surface area contributed by atoms with Crippen LogP contribution in [0, 0.1) is 0 Å². The summed E-state index contributed by atoms with van der Waals surface area (Å²) in [4.78, 5) is 0. The minimum Gasteiger partial charge on any atom is -0.326 e. The van der Waals surface area contributed by atoms with E-state index >= 15 is 0 Å². The van der Waals surface area contributed by atoms with Crippen LogP contribution < -0.4 is 10.5 Å². The Morgan fingerprint density at radius 1 is 1.17 bits per heavy atom. The lowest BCUT2D eigenvalue weighted by Gasteiger charge is -2.06. The predicted molar refractivity (Wildman–Crippen MR) is 77.2 cm³/mol. The van der Waals surface area contributed by atoms with Crippen molar-refractivity contribution in [3.05, 3.63) is 45.7 Å². The summed E-state index contributed by atoms with van der Waals surface area (Å²) >= 11 is 4.41. The van der Waals surface area contributed by atoms with E-state index in [9.17, 15) is 8.42 Å². The number of thiophene rings is 1. The Bertz CT molecular complexity index is 635. The molecule has 2 aromatic rings. The molecule has 1 aromatic heterocycles. The van der Waals surface area contributed by atoms with Crippen molar-refractivity contribution in [2.24, 2.45) is 5.73 Å². The first kappa shape index (κ1) is 13.5. The van der Waals surface area contributed by atoms with E-state index in [0.29, 0.717) is 12.2 Å². The Labute approximate surface area is 118 Å². The fourth-order valence-electron chi connectivity index (χ4n) is 1.36. The molecule has 96 valence electrons. The molecule has 0 bridgehead atoms. The van der Waals surface area contributed by atoms with Gasteiger partial charge in [0.2, 0.25) is 0 Å². The van der Waals surface area contributed by atoms with Crippen molar-refractivity contribution in [1.29, 1.82) is 0 Å². The lowest BCUT2D eigenvalue weighted by Crippen LogP contribution is -2.11. The highest BCUT2D eigenvalue weighted by Crippen LogP contribution is 2.27. The molecule has 0 unspecified atom stereocenters. The molecular weight excluding hydrogens is 336 g/mol. The molecule has 1 aromatic carbocycles. The van der Waals surface area contributed by atoms with Crippen molar-refractivity contribution >= 4 is 43.0 Å². The van der Waals surface area contributed by atoms with Crippen LogP contribution in [0.5, 0.6) is 0 Å². The number of rotatable bonds is 4. The van der Waals surface area contributed by atoms with Crippen molar-refractivity contribution in [2.75, 3.05) is 4.72 Å². The summed E-state index contributed by atoms with van der Waals surface area (Å²) in [7, 11) is -3.50. The first-order valence-corrected chi connectivity index (χ1v) is 8.18. The average molecular weight is 347 g/mol. The molecule has 0 atom stereocenters. The van der Waals surface area contributed by atoms with Crippen molar-refractivity contribution < 1.29 is 8.42 Å². The van der Waals surface area contributed by atoms with E-state index in [1.165, 1.54) is 11.3 Å². The van der Waals surface area contributed by atoms with Crippen LogP contribution in [0.4, 0.5) is 5.69 Å². The van der Waals surface area contributed by atoms with E-state index in [-0.39, 0.29) is 4.21 Å². The van der Waals surface area contributed by atoms with Crippen LogP contribution in [0.1, 0.15) is 5.56 Å². The van der Waals surface area contributed by atoms with Gasteiger partial charge in [-0.1, -0.05) is 12.1 Å². The molecule has 4 nitrogen and oxygen atoms in total. The van der Waals surface area contributed by atoms with Gasteiger partial charge in [-0.25, -0.2) is 8.42 Å². The average Bonchev–Trinajstić information content (AvgIpc) is 2.77. The van der Waals surface area contributed by atoms with E-state index in [2.05, 4.69) is 20.7 Å². The van der Waals surface area contributed by atoms with Crippen LogP contribution in [0.2, 0.25) is 0 Å². The van der Waals surface area contributed by atoms with Crippen LogP contribution in [0.25, 0.3) is 0 Å². The number of nitrogens with one attached hydrogen (secondary N) is 1. The van der Waals surface area contributed by atoms with Gasteiger partial charge in [0.05, 0.1) is 3.79 Å². The van der Waals surface area contributed by atoms with Crippen LogP contribution in [0.15, 0.2) is 44.4 Å². The van der Waals surface area contributed by atoms with Gasteiger partial charge < -0.3 is 5.73 Å². The van der Waals surface area contributed by atoms with Gasteiger partial charge in [-0.05, 0) is 45.8 Å². The zero-order valence-electron chi connectivity index (χ0n) is 9.26. The summed E-state index contributed by atoms with van der Waals surface area (Å²) in [5.74, 6) is 0. The number of anilines is 1. The van der Waals surface area contributed by atoms with E-state index in [1.807, 2.05) is 0 Å². The van der Waals surface area contributed by atoms with E-state index in [0.717, 1.165) is 9.35 Å². The van der Waals surface area contributed by atoms with Crippen molar-refractivity contribution in [3.8, 4) is 0 Å². The third-order valence-corrected chi connectivity index (χ3v) is 5.75. The molecule has 0 radical (unpaired) electrons. The topological polar surface area (TPSA) is 72.2 Å². The van der Waals surface area contributed by atoms with Gasteiger partial charge in [-0.3, -0.25) is 4.72 Å². The van der Waals surface area contributed by atoms with Crippen molar-refractivity contribution in [2.45, 2.75) is 10.8 Å². The summed E-state index contributed by atoms with van der Waals surface area (Å²) in [6.07, 6.45) is 0. The molecule has 0 fully saturated rings. The van der Waals surface area contributed by atoms with Crippen LogP contribution in [-0.2, 0) is 16.6 Å². The summed E-state index contributed by atoms with van der Waals surface area (Å²) in [6, 6.07) is 10.2. The molecule has 1 heterocycles. The number of nitrogens with two attached hydrogens (primary N) is 1. The third kappa shape index (κ3) is 3.11. The monoisotopic (exact) mass is 346 g/mol. The molecule has 2 rings (SSSR count). The minimum absolute atomic E-state index is 0.275. The lowest BCUT2D eigenvalue weighted by atomic mass is 10.2. The van der Waals surface area contributed by atoms with E-state index in [4.69, 9.17) is 5.73 Å². The maximum absolute atomic E-state index is 12.0. The first-order valence-electron chi connectivity index (χ1n) is 5.08. The van der Waals surface area contributed by atoms with Gasteiger partial charge in [0.1, 0.15) is 4.21 Å². The minimum atomic E-state index is -3.50. The van der Waals surface area contributed by atoms with Gasteiger partial charge in [-0.15, -0.1) is 11.3 Å². The molecule has 0 amide bonds. The SMILES string of the molecule is NCc1ccc(NS(=O)(=O)c2ccc(Br)s2)cc1. The van der Waals surface area contributed by atoms with Crippen molar-refractivity contribution in [3.63, 3.8) is 0 Å². The second-order valence-corrected chi connectivity index (χ2v) is 7.94. The number of halogens is 1. The Balaban J connectivity index is 2.22. The highest BCUT2D eigenvalue weighted by atomic mass is 79.9. The summed E-state index contributed by atoms with van der Waals surface area (Å²) < 4.78 is 27.6. The fourth-order valence-corrected chi connectivity index (χ4v) is 4.42. The Kier molecular flexibility index (Phi) is 4.06. The maximum atomic E-state index is 12.0. The number of hydrogen-bond acceptors (Lipinski definition) is 4. The molecule has 0 aliphatic carbocycles. The Hall–Kier alpha value is -0.890. The molecule has 7 heteroatoms. The first-order chi connectivity index (χ1) is 8.51. The smallest absolute Gasteiger partial charge is 0.271 e. The zero-order chi connectivity index (χ0) is 13.2. The van der Waals surface area contributed by atoms with Crippen LogP contribution in [-0.4, -0.2) is 8.42 Å². The molecule has 3 N–H and O–H groups in total. The van der Waals surface area contributed by atoms with Crippen LogP contribution >= 0.6 is 27.3 Å². The Morgan fingerprint density at radius 3 is 2.33 bits per heavy atom. The second-order valence-electron chi connectivity index (χ2n) is 3.57. The van der Waals surface area contributed by atoms with E-state index in [1.54, 1.807) is 36.4 Å². The zero-order valence-corrected chi connectivity index (χ0v) is 12.5. The summed E-state index contributed by atoms with van der Waals surface area (Å²) in [5.41, 5.74) is 6.96. The molecule has 0 saturated heterocycles. The maximum Gasteiger partial charge on any atom is 0.271 e. The fraction of sp³-hybridized carbons (Fsp3) is 0.0909. The number of benzene rings is 1. The van der Waals surface area contributed by atoms with Crippen LogP contribution in [0.3, 0.4) is 0 Å². The number of sulfonamides is 1. The molecule has 0 aliphatic heterocycles. The lowest BCUT2D eigenvalue weighted by molar-refractivity contribution is 0.603. The van der Waals surface area contributed by atoms with Gasteiger partial charge in [0, 0.05) is 12.2 Å². The van der Waals surface area contributed by atoms with Crippen molar-refractivity contribution in [1.82, 2.24) is 0 Å². The second kappa shape index (κ2) is 5.40. The highest BCUT2D eigenvalue weighted by Gasteiger charge is 2.16. The highest BCUT2D eigenvalue weighted by molar-refractivity contribution is 9.11. The molecule has 0 aliphatic rings. The molecule has 18 heavy (non-hydrogen) atoms. The predicted octanol–water partition coefficient (Wildman–Crippen LogP) is 2.77. The molecule has 0 spiro atoms. The standard InChI is InChI=1S/C11H11BrN2O2S2/c12-10-5-6-11(17-10)18(15,16)14-9-3-1-8(7-13)2-4-9/h1-6,14H,7,13H2. The third-order valence-electron chi connectivity index (χ3n) is 2.26. The van der Waals surface area contributed by atoms with Gasteiger partial charge in [-0.2, -0.15) is 0 Å². The molecule has 0 saturated carbocycles. The van der Waals surface area contributed by atoms with Gasteiger partial charge >= 0.3 is 0 Å². The normalized spacial score (nSPS) is 11.4. The summed E-state index contributed by atoms with van der Waals surface area (Å²) in [5, 5.41) is 0. The Morgan fingerprint density at radius 2 is 1.83 bits per heavy atom. The van der Waals surface area contributed by atoms with Gasteiger partial charge in [0.25, 0.3) is 10.0 Å². The largest absolute Gasteiger partial charge is 0.326 e.